The maximum Gasteiger partial charge on any atom is 0.129 e. The van der Waals surface area contributed by atoms with Crippen molar-refractivity contribution in [2.45, 2.75) is 13.3 Å². The molecule has 0 bridgehead atoms. The minimum Gasteiger partial charge on any atom is -0.244 e. The number of pyridine rings is 1. The molecule has 2 rings (SSSR count). The summed E-state index contributed by atoms with van der Waals surface area (Å²) in [7, 11) is 0. The minimum atomic E-state index is 0.531. The highest BCUT2D eigenvalue weighted by molar-refractivity contribution is 6.29. The number of hydrogen-bond acceptors (Lipinski definition) is 1. The molecule has 0 N–H and O–H groups in total. The standard InChI is InChI=1S/C13H12ClN/c1-2-10-3-5-11(6-4-10)12-7-8-13(14)15-9-12/h3-9H,2H2,1H3. The summed E-state index contributed by atoms with van der Waals surface area (Å²) < 4.78 is 0. The molecule has 0 amide bonds. The van der Waals surface area contributed by atoms with Crippen LogP contribution in [-0.4, -0.2) is 4.98 Å². The minimum absolute atomic E-state index is 0.531. The number of aromatic nitrogens is 1. The first-order chi connectivity index (χ1) is 7.29. The van der Waals surface area contributed by atoms with Gasteiger partial charge in [-0.25, -0.2) is 4.98 Å². The second-order valence-electron chi connectivity index (χ2n) is 3.42. The number of hydrogen-bond donors (Lipinski definition) is 0. The molecule has 0 unspecified atom stereocenters. The number of benzene rings is 1. The van der Waals surface area contributed by atoms with Gasteiger partial charge in [0, 0.05) is 11.8 Å². The SMILES string of the molecule is CCc1ccc(-c2ccc(Cl)nc2)cc1. The van der Waals surface area contributed by atoms with E-state index in [1.165, 1.54) is 11.1 Å². The van der Waals surface area contributed by atoms with Gasteiger partial charge in [0.25, 0.3) is 0 Å². The molecule has 0 spiro atoms. The van der Waals surface area contributed by atoms with Crippen LogP contribution >= 0.6 is 11.6 Å². The van der Waals surface area contributed by atoms with Gasteiger partial charge in [-0.05, 0) is 29.7 Å². The van der Waals surface area contributed by atoms with Gasteiger partial charge in [-0.3, -0.25) is 0 Å². The zero-order chi connectivity index (χ0) is 10.7. The third-order valence-electron chi connectivity index (χ3n) is 2.42. The highest BCUT2D eigenvalue weighted by Crippen LogP contribution is 2.20. The summed E-state index contributed by atoms with van der Waals surface area (Å²) in [6.45, 7) is 2.15. The van der Waals surface area contributed by atoms with E-state index < -0.39 is 0 Å². The molecule has 0 saturated heterocycles. The number of aryl methyl sites for hydroxylation is 1. The van der Waals surface area contributed by atoms with E-state index in [4.69, 9.17) is 11.6 Å². The fourth-order valence-electron chi connectivity index (χ4n) is 1.48. The molecule has 0 atom stereocenters. The van der Waals surface area contributed by atoms with Gasteiger partial charge in [0.05, 0.1) is 0 Å². The molecule has 0 aliphatic heterocycles. The van der Waals surface area contributed by atoms with Gasteiger partial charge in [-0.15, -0.1) is 0 Å². The van der Waals surface area contributed by atoms with Gasteiger partial charge >= 0.3 is 0 Å². The topological polar surface area (TPSA) is 12.9 Å². The Balaban J connectivity index is 2.33. The molecule has 2 heteroatoms. The van der Waals surface area contributed by atoms with E-state index in [0.717, 1.165) is 12.0 Å². The van der Waals surface area contributed by atoms with Crippen LogP contribution in [0.4, 0.5) is 0 Å². The maximum atomic E-state index is 5.74. The van der Waals surface area contributed by atoms with Gasteiger partial charge in [-0.2, -0.15) is 0 Å². The molecule has 2 aromatic rings. The van der Waals surface area contributed by atoms with Crippen molar-refractivity contribution in [2.75, 3.05) is 0 Å². The first-order valence-corrected chi connectivity index (χ1v) is 5.38. The third kappa shape index (κ3) is 2.37. The Kier molecular flexibility index (Phi) is 3.02. The van der Waals surface area contributed by atoms with Gasteiger partial charge in [0.2, 0.25) is 0 Å². The van der Waals surface area contributed by atoms with E-state index >= 15 is 0 Å². The van der Waals surface area contributed by atoms with Crippen LogP contribution in [-0.2, 0) is 6.42 Å². The van der Waals surface area contributed by atoms with Crippen LogP contribution in [0.2, 0.25) is 5.15 Å². The van der Waals surface area contributed by atoms with E-state index in [-0.39, 0.29) is 0 Å². The summed E-state index contributed by atoms with van der Waals surface area (Å²) in [5.74, 6) is 0. The molecule has 15 heavy (non-hydrogen) atoms. The maximum absolute atomic E-state index is 5.74. The Morgan fingerprint density at radius 1 is 1.00 bits per heavy atom. The van der Waals surface area contributed by atoms with Crippen LogP contribution in [0.3, 0.4) is 0 Å². The summed E-state index contributed by atoms with van der Waals surface area (Å²) in [4.78, 5) is 4.06. The highest BCUT2D eigenvalue weighted by atomic mass is 35.5. The summed E-state index contributed by atoms with van der Waals surface area (Å²) in [6.07, 6.45) is 2.86. The zero-order valence-electron chi connectivity index (χ0n) is 8.57. The Bertz CT molecular complexity index is 431. The average Bonchev–Trinajstić information content (AvgIpc) is 2.30. The second-order valence-corrected chi connectivity index (χ2v) is 3.81. The van der Waals surface area contributed by atoms with Gasteiger partial charge in [-0.1, -0.05) is 42.8 Å². The van der Waals surface area contributed by atoms with E-state index in [1.54, 1.807) is 6.20 Å². The Morgan fingerprint density at radius 2 is 1.67 bits per heavy atom. The Labute approximate surface area is 94.7 Å². The summed E-state index contributed by atoms with van der Waals surface area (Å²) in [6, 6.07) is 12.3. The van der Waals surface area contributed by atoms with Crippen LogP contribution in [0.5, 0.6) is 0 Å². The Hall–Kier alpha value is -1.34. The summed E-state index contributed by atoms with van der Waals surface area (Å²) in [5, 5.41) is 0.531. The molecule has 0 aliphatic carbocycles. The van der Waals surface area contributed by atoms with Crippen LogP contribution in [0.25, 0.3) is 11.1 Å². The highest BCUT2D eigenvalue weighted by Gasteiger charge is 1.97. The first kappa shape index (κ1) is 10.2. The summed E-state index contributed by atoms with van der Waals surface area (Å²) in [5.41, 5.74) is 3.62. The van der Waals surface area contributed by atoms with Gasteiger partial charge in [0.1, 0.15) is 5.15 Å². The lowest BCUT2D eigenvalue weighted by atomic mass is 10.0. The molecular weight excluding hydrogens is 206 g/mol. The predicted octanol–water partition coefficient (Wildman–Crippen LogP) is 3.96. The third-order valence-corrected chi connectivity index (χ3v) is 2.65. The molecule has 0 fully saturated rings. The van der Waals surface area contributed by atoms with Crippen LogP contribution in [0.15, 0.2) is 42.6 Å². The normalized spacial score (nSPS) is 10.3. The monoisotopic (exact) mass is 217 g/mol. The fraction of sp³-hybridized carbons (Fsp3) is 0.154. The molecule has 1 heterocycles. The largest absolute Gasteiger partial charge is 0.244 e. The van der Waals surface area contributed by atoms with Crippen molar-refractivity contribution in [1.29, 1.82) is 0 Å². The lowest BCUT2D eigenvalue weighted by Gasteiger charge is -2.02. The van der Waals surface area contributed by atoms with E-state index in [1.807, 2.05) is 12.1 Å². The Morgan fingerprint density at radius 3 is 2.20 bits per heavy atom. The quantitative estimate of drug-likeness (QED) is 0.694. The van der Waals surface area contributed by atoms with E-state index in [9.17, 15) is 0 Å². The number of rotatable bonds is 2. The number of nitrogens with zero attached hydrogens (tertiary/aromatic N) is 1. The molecule has 1 aromatic heterocycles. The predicted molar refractivity (Wildman–Crippen MR) is 64.1 cm³/mol. The van der Waals surface area contributed by atoms with Crippen LogP contribution in [0, 0.1) is 0 Å². The average molecular weight is 218 g/mol. The smallest absolute Gasteiger partial charge is 0.129 e. The van der Waals surface area contributed by atoms with Crippen molar-refractivity contribution < 1.29 is 0 Å². The van der Waals surface area contributed by atoms with Crippen molar-refractivity contribution in [3.05, 3.63) is 53.3 Å². The van der Waals surface area contributed by atoms with Crippen molar-refractivity contribution in [2.24, 2.45) is 0 Å². The zero-order valence-corrected chi connectivity index (χ0v) is 9.33. The molecule has 0 aliphatic rings. The molecule has 1 nitrogen and oxygen atoms in total. The van der Waals surface area contributed by atoms with Gasteiger partial charge in [0.15, 0.2) is 0 Å². The van der Waals surface area contributed by atoms with Crippen LogP contribution < -0.4 is 0 Å². The summed E-state index contributed by atoms with van der Waals surface area (Å²) >= 11 is 5.74. The number of halogens is 1. The van der Waals surface area contributed by atoms with Crippen molar-refractivity contribution in [3.8, 4) is 11.1 Å². The molecule has 0 saturated carbocycles. The lowest BCUT2D eigenvalue weighted by molar-refractivity contribution is 1.14. The van der Waals surface area contributed by atoms with Crippen molar-refractivity contribution in [1.82, 2.24) is 4.98 Å². The second kappa shape index (κ2) is 4.45. The van der Waals surface area contributed by atoms with E-state index in [0.29, 0.717) is 5.15 Å². The van der Waals surface area contributed by atoms with Crippen LogP contribution in [0.1, 0.15) is 12.5 Å². The van der Waals surface area contributed by atoms with Gasteiger partial charge < -0.3 is 0 Å². The fourth-order valence-corrected chi connectivity index (χ4v) is 1.59. The van der Waals surface area contributed by atoms with Crippen molar-refractivity contribution >= 4 is 11.6 Å². The molecule has 76 valence electrons. The molecule has 1 aromatic carbocycles. The van der Waals surface area contributed by atoms with Crippen molar-refractivity contribution in [3.63, 3.8) is 0 Å². The van der Waals surface area contributed by atoms with E-state index in [2.05, 4.69) is 36.2 Å². The molecular formula is C13H12ClN. The first-order valence-electron chi connectivity index (χ1n) is 5.00. The molecule has 0 radical (unpaired) electrons. The lowest BCUT2D eigenvalue weighted by Crippen LogP contribution is -1.82.